The molecule has 1 N–H and O–H groups in total. The molecule has 0 saturated heterocycles. The molecule has 5 heteroatoms. The fourth-order valence-electron chi connectivity index (χ4n) is 1.44. The summed E-state index contributed by atoms with van der Waals surface area (Å²) in [5.74, 6) is -0.0694. The normalized spacial score (nSPS) is 10.2. The van der Waals surface area contributed by atoms with Crippen LogP contribution < -0.4 is 10.9 Å². The lowest BCUT2D eigenvalue weighted by Crippen LogP contribution is -2.24. The van der Waals surface area contributed by atoms with Crippen LogP contribution in [0.4, 0.5) is 0 Å². The fraction of sp³-hybridized carbons (Fsp3) is 0.500. The van der Waals surface area contributed by atoms with E-state index in [-0.39, 0.29) is 17.9 Å². The number of rotatable bonds is 6. The van der Waals surface area contributed by atoms with Gasteiger partial charge in [0.25, 0.3) is 5.56 Å². The molecule has 0 atom stereocenters. The van der Waals surface area contributed by atoms with Gasteiger partial charge in [-0.3, -0.25) is 9.59 Å². The molecular weight excluding hydrogens is 220 g/mol. The summed E-state index contributed by atoms with van der Waals surface area (Å²) in [6.07, 6.45) is 1.99. The van der Waals surface area contributed by atoms with Gasteiger partial charge >= 0.3 is 0 Å². The Kier molecular flexibility index (Phi) is 5.42. The number of ether oxygens (including phenoxy) is 1. The Morgan fingerprint density at radius 2 is 2.24 bits per heavy atom. The molecule has 0 aliphatic heterocycles. The number of carbonyl (C=O) groups excluding carboxylic acids is 1. The Morgan fingerprint density at radius 1 is 1.47 bits per heavy atom. The maximum absolute atomic E-state index is 11.5. The summed E-state index contributed by atoms with van der Waals surface area (Å²) in [4.78, 5) is 22.7. The highest BCUT2D eigenvalue weighted by Crippen LogP contribution is 1.97. The number of aromatic nitrogens is 1. The highest BCUT2D eigenvalue weighted by atomic mass is 16.5. The minimum Gasteiger partial charge on any atom is -0.380 e. The van der Waals surface area contributed by atoms with Crippen molar-refractivity contribution in [3.05, 3.63) is 34.2 Å². The number of amides is 1. The largest absolute Gasteiger partial charge is 0.380 e. The Morgan fingerprint density at radius 3 is 2.88 bits per heavy atom. The number of nitrogens with one attached hydrogen (secondary N) is 1. The summed E-state index contributed by atoms with van der Waals surface area (Å²) in [6, 6.07) is 3.15. The molecule has 0 radical (unpaired) electrons. The first kappa shape index (κ1) is 13.4. The summed E-state index contributed by atoms with van der Waals surface area (Å²) >= 11 is 0. The van der Waals surface area contributed by atoms with E-state index in [1.807, 2.05) is 6.92 Å². The van der Waals surface area contributed by atoms with Gasteiger partial charge in [0.15, 0.2) is 0 Å². The van der Waals surface area contributed by atoms with Gasteiger partial charge in [0.1, 0.15) is 0 Å². The van der Waals surface area contributed by atoms with Crippen LogP contribution in [0.3, 0.4) is 0 Å². The second-order valence-corrected chi connectivity index (χ2v) is 3.62. The maximum atomic E-state index is 11.5. The van der Waals surface area contributed by atoms with E-state index < -0.39 is 0 Å². The minimum absolute atomic E-state index is 0.0694. The Bertz CT molecular complexity index is 426. The van der Waals surface area contributed by atoms with Gasteiger partial charge in [-0.05, 0) is 12.5 Å². The van der Waals surface area contributed by atoms with E-state index in [2.05, 4.69) is 5.32 Å². The van der Waals surface area contributed by atoms with E-state index in [0.717, 1.165) is 5.56 Å². The van der Waals surface area contributed by atoms with Crippen molar-refractivity contribution in [3.63, 3.8) is 0 Å². The lowest BCUT2D eigenvalue weighted by molar-refractivity contribution is -0.119. The summed E-state index contributed by atoms with van der Waals surface area (Å²) in [7, 11) is 1.59. The van der Waals surface area contributed by atoms with Crippen LogP contribution >= 0.6 is 0 Å². The smallest absolute Gasteiger partial charge is 0.250 e. The SMILES string of the molecule is CCOCCn1cc(CC(=O)NC)ccc1=O. The van der Waals surface area contributed by atoms with E-state index in [1.165, 1.54) is 6.07 Å². The molecule has 0 bridgehead atoms. The van der Waals surface area contributed by atoms with E-state index in [0.29, 0.717) is 19.8 Å². The predicted octanol–water partition coefficient (Wildman–Crippen LogP) is 0.173. The van der Waals surface area contributed by atoms with Crippen molar-refractivity contribution in [1.29, 1.82) is 0 Å². The van der Waals surface area contributed by atoms with Gasteiger partial charge < -0.3 is 14.6 Å². The number of nitrogens with zero attached hydrogens (tertiary/aromatic N) is 1. The monoisotopic (exact) mass is 238 g/mol. The molecule has 1 amide bonds. The first-order valence-corrected chi connectivity index (χ1v) is 5.65. The van der Waals surface area contributed by atoms with Crippen LogP contribution in [0.1, 0.15) is 12.5 Å². The predicted molar refractivity (Wildman–Crippen MR) is 65.0 cm³/mol. The molecule has 0 saturated carbocycles. The van der Waals surface area contributed by atoms with Gasteiger partial charge in [-0.2, -0.15) is 0 Å². The molecule has 0 spiro atoms. The van der Waals surface area contributed by atoms with Crippen LogP contribution in [0, 0.1) is 0 Å². The second-order valence-electron chi connectivity index (χ2n) is 3.62. The third kappa shape index (κ3) is 4.40. The molecule has 5 nitrogen and oxygen atoms in total. The summed E-state index contributed by atoms with van der Waals surface area (Å²) in [5, 5.41) is 2.55. The van der Waals surface area contributed by atoms with Crippen molar-refractivity contribution < 1.29 is 9.53 Å². The van der Waals surface area contributed by atoms with E-state index in [4.69, 9.17) is 4.74 Å². The van der Waals surface area contributed by atoms with Gasteiger partial charge in [-0.15, -0.1) is 0 Å². The number of likely N-dealkylation sites (N-methyl/N-ethyl adjacent to an activating group) is 1. The quantitative estimate of drug-likeness (QED) is 0.719. The first-order chi connectivity index (χ1) is 8.17. The molecule has 94 valence electrons. The molecule has 1 heterocycles. The zero-order valence-electron chi connectivity index (χ0n) is 10.2. The van der Waals surface area contributed by atoms with E-state index in [1.54, 1.807) is 23.9 Å². The number of hydrogen-bond acceptors (Lipinski definition) is 3. The van der Waals surface area contributed by atoms with E-state index in [9.17, 15) is 9.59 Å². The molecule has 1 aromatic heterocycles. The Balaban J connectivity index is 2.72. The van der Waals surface area contributed by atoms with E-state index >= 15 is 0 Å². The molecular formula is C12H18N2O3. The number of hydrogen-bond donors (Lipinski definition) is 1. The summed E-state index contributed by atoms with van der Waals surface area (Å²) in [5.41, 5.74) is 0.741. The van der Waals surface area contributed by atoms with Gasteiger partial charge in [0, 0.05) is 32.5 Å². The highest BCUT2D eigenvalue weighted by molar-refractivity contribution is 5.78. The maximum Gasteiger partial charge on any atom is 0.250 e. The molecule has 0 aromatic carbocycles. The van der Waals surface area contributed by atoms with Crippen LogP contribution in [0.5, 0.6) is 0 Å². The topological polar surface area (TPSA) is 60.3 Å². The average molecular weight is 238 g/mol. The van der Waals surface area contributed by atoms with Crippen molar-refractivity contribution in [2.45, 2.75) is 19.9 Å². The first-order valence-electron chi connectivity index (χ1n) is 5.65. The lowest BCUT2D eigenvalue weighted by Gasteiger charge is -2.07. The standard InChI is InChI=1S/C12H18N2O3/c1-3-17-7-6-14-9-10(4-5-12(14)16)8-11(15)13-2/h4-5,9H,3,6-8H2,1-2H3,(H,13,15). The molecule has 1 aromatic rings. The van der Waals surface area contributed by atoms with Crippen molar-refractivity contribution in [2.75, 3.05) is 20.3 Å². The average Bonchev–Trinajstić information content (AvgIpc) is 2.33. The fourth-order valence-corrected chi connectivity index (χ4v) is 1.44. The van der Waals surface area contributed by atoms with Crippen molar-refractivity contribution >= 4 is 5.91 Å². The Labute approximate surface area is 100 Å². The van der Waals surface area contributed by atoms with Crippen LogP contribution in [0.15, 0.2) is 23.1 Å². The number of carbonyl (C=O) groups is 1. The van der Waals surface area contributed by atoms with Gasteiger partial charge in [0.2, 0.25) is 5.91 Å². The van der Waals surface area contributed by atoms with Gasteiger partial charge in [0.05, 0.1) is 13.0 Å². The molecule has 0 unspecified atom stereocenters. The van der Waals surface area contributed by atoms with Crippen LogP contribution in [0.25, 0.3) is 0 Å². The van der Waals surface area contributed by atoms with Crippen molar-refractivity contribution in [1.82, 2.24) is 9.88 Å². The summed E-state index contributed by atoms with van der Waals surface area (Å²) in [6.45, 7) is 3.55. The second kappa shape index (κ2) is 6.85. The third-order valence-electron chi connectivity index (χ3n) is 2.37. The highest BCUT2D eigenvalue weighted by Gasteiger charge is 2.03. The summed E-state index contributed by atoms with van der Waals surface area (Å²) < 4.78 is 6.76. The molecule has 0 aliphatic rings. The van der Waals surface area contributed by atoms with Crippen LogP contribution in [-0.2, 0) is 22.5 Å². The minimum atomic E-state index is -0.0784. The van der Waals surface area contributed by atoms with Gasteiger partial charge in [-0.25, -0.2) is 0 Å². The number of pyridine rings is 1. The Hall–Kier alpha value is -1.62. The van der Waals surface area contributed by atoms with Crippen LogP contribution in [-0.4, -0.2) is 30.7 Å². The zero-order valence-corrected chi connectivity index (χ0v) is 10.2. The van der Waals surface area contributed by atoms with Crippen molar-refractivity contribution in [3.8, 4) is 0 Å². The molecule has 0 aliphatic carbocycles. The van der Waals surface area contributed by atoms with Gasteiger partial charge in [-0.1, -0.05) is 6.07 Å². The van der Waals surface area contributed by atoms with Crippen LogP contribution in [0.2, 0.25) is 0 Å². The zero-order chi connectivity index (χ0) is 12.7. The molecule has 17 heavy (non-hydrogen) atoms. The molecule has 0 fully saturated rings. The lowest BCUT2D eigenvalue weighted by atomic mass is 10.2. The molecule has 1 rings (SSSR count). The van der Waals surface area contributed by atoms with Crippen molar-refractivity contribution in [2.24, 2.45) is 0 Å². The third-order valence-corrected chi connectivity index (χ3v) is 2.37.